The molecule has 228 valence electrons. The van der Waals surface area contributed by atoms with Crippen molar-refractivity contribution in [2.75, 3.05) is 13.2 Å². The van der Waals surface area contributed by atoms with Crippen molar-refractivity contribution < 1.29 is 69.7 Å². The van der Waals surface area contributed by atoms with Gasteiger partial charge >= 0.3 is 0 Å². The summed E-state index contributed by atoms with van der Waals surface area (Å²) in [4.78, 5) is 13.3. The van der Waals surface area contributed by atoms with Gasteiger partial charge in [0.25, 0.3) is 0 Å². The lowest BCUT2D eigenvalue weighted by atomic mass is 9.89. The van der Waals surface area contributed by atoms with E-state index >= 15 is 0 Å². The van der Waals surface area contributed by atoms with Gasteiger partial charge in [-0.05, 0) is 24.3 Å². The maximum absolute atomic E-state index is 13.3. The van der Waals surface area contributed by atoms with Crippen LogP contribution in [-0.4, -0.2) is 119 Å². The number of hydrogen-bond acceptors (Lipinski definition) is 15. The quantitative estimate of drug-likeness (QED) is 0.133. The smallest absolute Gasteiger partial charge is 0.229 e. The molecule has 0 unspecified atom stereocenters. The molecule has 3 heterocycles. The summed E-state index contributed by atoms with van der Waals surface area (Å²) in [5, 5.41) is 101. The lowest BCUT2D eigenvalue weighted by molar-refractivity contribution is -0.277. The highest BCUT2D eigenvalue weighted by molar-refractivity contribution is 5.87. The number of aliphatic hydroxyl groups excluding tert-OH is 8. The maximum atomic E-state index is 13.3. The van der Waals surface area contributed by atoms with Gasteiger partial charge in [0, 0.05) is 23.3 Å². The Morgan fingerprint density at radius 2 is 1.33 bits per heavy atom. The third kappa shape index (κ3) is 5.20. The first kappa shape index (κ1) is 30.1. The van der Waals surface area contributed by atoms with Crippen molar-refractivity contribution in [3.8, 4) is 28.6 Å². The Balaban J connectivity index is 1.46. The number of benzene rings is 2. The fourth-order valence-corrected chi connectivity index (χ4v) is 5.08. The van der Waals surface area contributed by atoms with E-state index in [0.29, 0.717) is 5.56 Å². The number of rotatable bonds is 6. The largest absolute Gasteiger partial charge is 0.504 e. The van der Waals surface area contributed by atoms with Crippen molar-refractivity contribution in [3.63, 3.8) is 0 Å². The number of phenolic OH excluding ortho intramolecular Hbond substituents is 2. The van der Waals surface area contributed by atoms with Crippen LogP contribution in [0.5, 0.6) is 17.2 Å². The van der Waals surface area contributed by atoms with E-state index in [9.17, 15) is 55.9 Å². The second kappa shape index (κ2) is 11.7. The summed E-state index contributed by atoms with van der Waals surface area (Å²) in [6.45, 7) is -1.38. The highest BCUT2D eigenvalue weighted by atomic mass is 16.7. The number of phenols is 2. The van der Waals surface area contributed by atoms with E-state index in [1.54, 1.807) is 0 Å². The molecule has 5 rings (SSSR count). The van der Waals surface area contributed by atoms with Crippen molar-refractivity contribution in [1.29, 1.82) is 0 Å². The van der Waals surface area contributed by atoms with E-state index in [-0.39, 0.29) is 22.5 Å². The van der Waals surface area contributed by atoms with E-state index < -0.39 is 96.9 Å². The van der Waals surface area contributed by atoms with Crippen molar-refractivity contribution in [2.24, 2.45) is 0 Å². The summed E-state index contributed by atoms with van der Waals surface area (Å²) in [7, 11) is 0. The Kier molecular flexibility index (Phi) is 8.41. The topological polar surface area (TPSA) is 260 Å². The molecule has 2 aromatic carbocycles. The van der Waals surface area contributed by atoms with Gasteiger partial charge in [-0.1, -0.05) is 0 Å². The molecule has 3 aromatic rings. The van der Waals surface area contributed by atoms with Crippen LogP contribution < -0.4 is 10.2 Å². The third-order valence-electron chi connectivity index (χ3n) is 7.43. The van der Waals surface area contributed by atoms with Crippen molar-refractivity contribution in [2.45, 2.75) is 61.2 Å². The SMILES string of the molecule is O=c1cc(-c2ccc(O[C@@H]3O[C@H](CO)[C@@H](O)[C@H](O)[C@H]3O)cc2)oc2cc(O)c(O)c([C@@H]3O[C@H](CO)[C@@H](O)[C@H](O)[C@H]3O)c12. The Labute approximate surface area is 236 Å². The number of hydrogen-bond donors (Lipinski definition) is 10. The fraction of sp³-hybridized carbons (Fsp3) is 0.444. The lowest BCUT2D eigenvalue weighted by Crippen LogP contribution is -2.60. The average molecular weight is 595 g/mol. The van der Waals surface area contributed by atoms with Crippen LogP contribution in [0.2, 0.25) is 0 Å². The van der Waals surface area contributed by atoms with E-state index in [4.69, 9.17) is 18.6 Å². The molecule has 0 spiro atoms. The Hall–Kier alpha value is -3.35. The summed E-state index contributed by atoms with van der Waals surface area (Å²) in [5.74, 6) is -1.41. The summed E-state index contributed by atoms with van der Waals surface area (Å²) >= 11 is 0. The van der Waals surface area contributed by atoms with E-state index in [1.807, 2.05) is 0 Å². The van der Waals surface area contributed by atoms with Crippen LogP contribution in [0.25, 0.3) is 22.3 Å². The Morgan fingerprint density at radius 1 is 0.738 bits per heavy atom. The molecule has 2 aliphatic rings. The van der Waals surface area contributed by atoms with Gasteiger partial charge in [-0.25, -0.2) is 0 Å². The molecular weight excluding hydrogens is 564 g/mol. The zero-order valence-electron chi connectivity index (χ0n) is 21.7. The van der Waals surface area contributed by atoms with E-state index in [1.165, 1.54) is 24.3 Å². The van der Waals surface area contributed by atoms with Gasteiger partial charge < -0.3 is 69.7 Å². The van der Waals surface area contributed by atoms with Gasteiger partial charge in [-0.3, -0.25) is 4.79 Å². The summed E-state index contributed by atoms with van der Waals surface area (Å²) < 4.78 is 22.2. The van der Waals surface area contributed by atoms with Crippen LogP contribution in [0.1, 0.15) is 11.7 Å². The lowest BCUT2D eigenvalue weighted by Gasteiger charge is -2.40. The van der Waals surface area contributed by atoms with Gasteiger partial charge in [0.1, 0.15) is 72.0 Å². The van der Waals surface area contributed by atoms with Crippen LogP contribution >= 0.6 is 0 Å². The minimum absolute atomic E-state index is 0.0109. The van der Waals surface area contributed by atoms with Gasteiger partial charge in [0.05, 0.1) is 18.6 Å². The number of ether oxygens (including phenoxy) is 3. The molecule has 2 aliphatic heterocycles. The minimum Gasteiger partial charge on any atom is -0.504 e. The predicted octanol–water partition coefficient (Wildman–Crippen LogP) is -2.44. The second-order valence-electron chi connectivity index (χ2n) is 10.1. The van der Waals surface area contributed by atoms with Crippen molar-refractivity contribution in [3.05, 3.63) is 52.2 Å². The van der Waals surface area contributed by atoms with Gasteiger partial charge in [-0.2, -0.15) is 0 Å². The molecule has 0 amide bonds. The maximum Gasteiger partial charge on any atom is 0.229 e. The Bertz CT molecular complexity index is 1470. The van der Waals surface area contributed by atoms with Crippen LogP contribution in [0.15, 0.2) is 45.6 Å². The normalized spacial score (nSPS) is 33.5. The van der Waals surface area contributed by atoms with Gasteiger partial charge in [0.15, 0.2) is 16.9 Å². The van der Waals surface area contributed by atoms with E-state index in [2.05, 4.69) is 0 Å². The molecule has 2 saturated heterocycles. The molecule has 1 aromatic heterocycles. The number of aromatic hydroxyl groups is 2. The van der Waals surface area contributed by atoms with Gasteiger partial charge in [-0.15, -0.1) is 0 Å². The van der Waals surface area contributed by atoms with Crippen LogP contribution in [-0.2, 0) is 9.47 Å². The molecule has 42 heavy (non-hydrogen) atoms. The standard InChI is InChI=1S/C27H30O15/c28-7-15-20(33)22(35)24(37)26(41-15)18-17-11(30)5-13(40-14(17)6-12(31)19(18)32)9-1-3-10(4-2-9)39-27-25(38)23(36)21(34)16(8-29)42-27/h1-6,15-16,20-29,31-38H,7-8H2/t15-,16-,20-,21-,22+,23+,24-,25-,26+,27-/m1/s1. The first-order valence-electron chi connectivity index (χ1n) is 12.9. The van der Waals surface area contributed by atoms with Crippen LogP contribution in [0.4, 0.5) is 0 Å². The van der Waals surface area contributed by atoms with Crippen LogP contribution in [0.3, 0.4) is 0 Å². The molecule has 10 N–H and O–H groups in total. The summed E-state index contributed by atoms with van der Waals surface area (Å²) in [6.07, 6.45) is -15.7. The third-order valence-corrected chi connectivity index (χ3v) is 7.43. The number of fused-ring (bicyclic) bond motifs is 1. The Morgan fingerprint density at radius 3 is 1.95 bits per heavy atom. The first-order valence-corrected chi connectivity index (χ1v) is 12.9. The zero-order chi connectivity index (χ0) is 30.5. The summed E-state index contributed by atoms with van der Waals surface area (Å²) in [5.41, 5.74) is -1.01. The molecule has 15 nitrogen and oxygen atoms in total. The molecule has 0 aliphatic carbocycles. The molecule has 10 atom stereocenters. The molecular formula is C27H30O15. The molecule has 0 saturated carbocycles. The minimum atomic E-state index is -1.85. The number of aliphatic hydroxyl groups is 8. The van der Waals surface area contributed by atoms with Gasteiger partial charge in [0.2, 0.25) is 6.29 Å². The zero-order valence-corrected chi connectivity index (χ0v) is 21.7. The summed E-state index contributed by atoms with van der Waals surface area (Å²) in [6, 6.07) is 7.84. The second-order valence-corrected chi connectivity index (χ2v) is 10.1. The first-order chi connectivity index (χ1) is 20.0. The predicted molar refractivity (Wildman–Crippen MR) is 138 cm³/mol. The molecule has 2 fully saturated rings. The molecule has 0 radical (unpaired) electrons. The van der Waals surface area contributed by atoms with E-state index in [0.717, 1.165) is 12.1 Å². The molecule has 0 bridgehead atoms. The fourth-order valence-electron chi connectivity index (χ4n) is 5.08. The molecule has 15 heteroatoms. The highest BCUT2D eigenvalue weighted by Gasteiger charge is 2.46. The van der Waals surface area contributed by atoms with Crippen molar-refractivity contribution in [1.82, 2.24) is 0 Å². The van der Waals surface area contributed by atoms with Crippen LogP contribution in [0, 0.1) is 0 Å². The monoisotopic (exact) mass is 594 g/mol. The van der Waals surface area contributed by atoms with Crippen molar-refractivity contribution >= 4 is 11.0 Å². The average Bonchev–Trinajstić information content (AvgIpc) is 2.98. The highest BCUT2D eigenvalue weighted by Crippen LogP contribution is 2.44.